The highest BCUT2D eigenvalue weighted by Gasteiger charge is 2.18. The summed E-state index contributed by atoms with van der Waals surface area (Å²) in [6, 6.07) is 7.81. The Bertz CT molecular complexity index is 446. The van der Waals surface area contributed by atoms with Crippen molar-refractivity contribution in [1.82, 2.24) is 0 Å². The van der Waals surface area contributed by atoms with Gasteiger partial charge in [0, 0.05) is 11.3 Å². The Morgan fingerprint density at radius 3 is 2.50 bits per heavy atom. The summed E-state index contributed by atoms with van der Waals surface area (Å²) in [7, 11) is 0. The van der Waals surface area contributed by atoms with E-state index in [9.17, 15) is 4.79 Å². The molecule has 1 aromatic rings. The van der Waals surface area contributed by atoms with E-state index in [0.29, 0.717) is 11.6 Å². The highest BCUT2D eigenvalue weighted by Crippen LogP contribution is 2.22. The summed E-state index contributed by atoms with van der Waals surface area (Å²) in [5.74, 6) is 0.663. The molecule has 0 aliphatic heterocycles. The maximum atomic E-state index is 11.8. The van der Waals surface area contributed by atoms with Gasteiger partial charge in [-0.05, 0) is 18.4 Å². The van der Waals surface area contributed by atoms with Crippen LogP contribution in [-0.2, 0) is 15.3 Å². The van der Waals surface area contributed by atoms with E-state index in [4.69, 9.17) is 22.7 Å². The standard InChI is InChI=1S/C15H21NO2S2/c1-3-9-18-15(17)13(4-2)20-10-11-5-7-12(8-6-11)14(16)19/h5-8,13H,3-4,9-10H2,1-2H3,(H2,16,19). The van der Waals surface area contributed by atoms with Gasteiger partial charge in [0.2, 0.25) is 0 Å². The molecule has 0 bridgehead atoms. The highest BCUT2D eigenvalue weighted by molar-refractivity contribution is 7.99. The van der Waals surface area contributed by atoms with Crippen molar-refractivity contribution in [3.05, 3.63) is 35.4 Å². The first-order valence-electron chi connectivity index (χ1n) is 6.75. The molecule has 1 rings (SSSR count). The van der Waals surface area contributed by atoms with Crippen LogP contribution in [-0.4, -0.2) is 22.8 Å². The van der Waals surface area contributed by atoms with Gasteiger partial charge < -0.3 is 10.5 Å². The molecule has 2 N–H and O–H groups in total. The molecule has 0 heterocycles. The molecule has 110 valence electrons. The molecular weight excluding hydrogens is 290 g/mol. The van der Waals surface area contributed by atoms with Crippen molar-refractivity contribution in [3.63, 3.8) is 0 Å². The van der Waals surface area contributed by atoms with Crippen LogP contribution in [0.25, 0.3) is 0 Å². The molecule has 1 aromatic carbocycles. The smallest absolute Gasteiger partial charge is 0.319 e. The van der Waals surface area contributed by atoms with Crippen LogP contribution in [0, 0.1) is 0 Å². The minimum atomic E-state index is -0.112. The third-order valence-electron chi connectivity index (χ3n) is 2.77. The number of nitrogens with two attached hydrogens (primary N) is 1. The molecule has 3 nitrogen and oxygen atoms in total. The topological polar surface area (TPSA) is 52.3 Å². The fraction of sp³-hybridized carbons (Fsp3) is 0.467. The Hall–Kier alpha value is -1.07. The number of rotatable bonds is 8. The van der Waals surface area contributed by atoms with Crippen molar-refractivity contribution >= 4 is 34.9 Å². The van der Waals surface area contributed by atoms with Crippen LogP contribution in [0.5, 0.6) is 0 Å². The average Bonchev–Trinajstić information content (AvgIpc) is 2.46. The van der Waals surface area contributed by atoms with Crippen molar-refractivity contribution in [2.45, 2.75) is 37.7 Å². The van der Waals surface area contributed by atoms with Gasteiger partial charge in [-0.1, -0.05) is 50.3 Å². The van der Waals surface area contributed by atoms with E-state index in [2.05, 4.69) is 0 Å². The predicted molar refractivity (Wildman–Crippen MR) is 89.0 cm³/mol. The summed E-state index contributed by atoms with van der Waals surface area (Å²) in [5, 5.41) is -0.100. The van der Waals surface area contributed by atoms with E-state index in [-0.39, 0.29) is 11.2 Å². The molecule has 1 atom stereocenters. The third kappa shape index (κ3) is 5.51. The largest absolute Gasteiger partial charge is 0.465 e. The zero-order chi connectivity index (χ0) is 15.0. The first-order valence-corrected chi connectivity index (χ1v) is 8.21. The fourth-order valence-electron chi connectivity index (χ4n) is 1.61. The lowest BCUT2D eigenvalue weighted by molar-refractivity contribution is -0.143. The second-order valence-electron chi connectivity index (χ2n) is 4.44. The van der Waals surface area contributed by atoms with Crippen LogP contribution in [0.15, 0.2) is 24.3 Å². The normalized spacial score (nSPS) is 11.9. The van der Waals surface area contributed by atoms with Gasteiger partial charge in [0.05, 0.1) is 6.61 Å². The number of thiocarbonyl (C=S) groups is 1. The van der Waals surface area contributed by atoms with E-state index in [0.717, 1.165) is 29.7 Å². The lowest BCUT2D eigenvalue weighted by atomic mass is 10.1. The molecule has 0 fully saturated rings. The van der Waals surface area contributed by atoms with Crippen LogP contribution >= 0.6 is 24.0 Å². The van der Waals surface area contributed by atoms with Crippen LogP contribution in [0.3, 0.4) is 0 Å². The minimum absolute atomic E-state index is 0.100. The van der Waals surface area contributed by atoms with E-state index < -0.39 is 0 Å². The number of benzene rings is 1. The summed E-state index contributed by atoms with van der Waals surface area (Å²) in [6.45, 7) is 4.49. The van der Waals surface area contributed by atoms with Gasteiger partial charge in [0.1, 0.15) is 10.2 Å². The summed E-state index contributed by atoms with van der Waals surface area (Å²) in [4.78, 5) is 12.2. The zero-order valence-electron chi connectivity index (χ0n) is 11.9. The van der Waals surface area contributed by atoms with Crippen molar-refractivity contribution < 1.29 is 9.53 Å². The average molecular weight is 311 g/mol. The fourth-order valence-corrected chi connectivity index (χ4v) is 2.77. The number of thioether (sulfide) groups is 1. The molecule has 0 spiro atoms. The van der Waals surface area contributed by atoms with Crippen LogP contribution < -0.4 is 5.73 Å². The monoisotopic (exact) mass is 311 g/mol. The quantitative estimate of drug-likeness (QED) is 0.590. The molecule has 0 saturated heterocycles. The number of hydrogen-bond donors (Lipinski definition) is 1. The Labute approximate surface area is 130 Å². The van der Waals surface area contributed by atoms with E-state index in [1.54, 1.807) is 11.8 Å². The summed E-state index contributed by atoms with van der Waals surface area (Å²) < 4.78 is 5.19. The number of esters is 1. The molecule has 0 aromatic heterocycles. The highest BCUT2D eigenvalue weighted by atomic mass is 32.2. The zero-order valence-corrected chi connectivity index (χ0v) is 13.6. The van der Waals surface area contributed by atoms with Crippen molar-refractivity contribution in [2.75, 3.05) is 6.61 Å². The van der Waals surface area contributed by atoms with Crippen LogP contribution in [0.1, 0.15) is 37.8 Å². The SMILES string of the molecule is CCCOC(=O)C(CC)SCc1ccc(C(N)=S)cc1. The van der Waals surface area contributed by atoms with Crippen LogP contribution in [0.4, 0.5) is 0 Å². The van der Waals surface area contributed by atoms with E-state index in [1.165, 1.54) is 0 Å². The van der Waals surface area contributed by atoms with Gasteiger partial charge in [0.25, 0.3) is 0 Å². The summed E-state index contributed by atoms with van der Waals surface area (Å²) in [6.07, 6.45) is 1.63. The minimum Gasteiger partial charge on any atom is -0.465 e. The first-order chi connectivity index (χ1) is 9.58. The number of hydrogen-bond acceptors (Lipinski definition) is 4. The van der Waals surface area contributed by atoms with Crippen LogP contribution in [0.2, 0.25) is 0 Å². The maximum absolute atomic E-state index is 11.8. The molecule has 0 radical (unpaired) electrons. The molecule has 0 amide bonds. The Kier molecular flexibility index (Phi) is 7.62. The maximum Gasteiger partial charge on any atom is 0.319 e. The lowest BCUT2D eigenvalue weighted by Crippen LogP contribution is -2.20. The second-order valence-corrected chi connectivity index (χ2v) is 6.07. The lowest BCUT2D eigenvalue weighted by Gasteiger charge is -2.13. The van der Waals surface area contributed by atoms with E-state index >= 15 is 0 Å². The molecule has 0 aliphatic carbocycles. The number of carbonyl (C=O) groups is 1. The van der Waals surface area contributed by atoms with Gasteiger partial charge in [-0.3, -0.25) is 4.79 Å². The molecular formula is C15H21NO2S2. The predicted octanol–water partition coefficient (Wildman–Crippen LogP) is 3.29. The summed E-state index contributed by atoms with van der Waals surface area (Å²) in [5.41, 5.74) is 7.57. The van der Waals surface area contributed by atoms with Crippen molar-refractivity contribution in [2.24, 2.45) is 5.73 Å². The molecule has 20 heavy (non-hydrogen) atoms. The Balaban J connectivity index is 2.51. The van der Waals surface area contributed by atoms with Gasteiger partial charge in [0.15, 0.2) is 0 Å². The Morgan fingerprint density at radius 2 is 2.00 bits per heavy atom. The Morgan fingerprint density at radius 1 is 1.35 bits per heavy atom. The van der Waals surface area contributed by atoms with Gasteiger partial charge in [-0.15, -0.1) is 11.8 Å². The molecule has 1 unspecified atom stereocenters. The van der Waals surface area contributed by atoms with Gasteiger partial charge in [-0.2, -0.15) is 0 Å². The third-order valence-corrected chi connectivity index (χ3v) is 4.44. The first kappa shape index (κ1) is 17.0. The summed E-state index contributed by atoms with van der Waals surface area (Å²) >= 11 is 6.53. The molecule has 0 saturated carbocycles. The molecule has 0 aliphatic rings. The van der Waals surface area contributed by atoms with E-state index in [1.807, 2.05) is 38.1 Å². The van der Waals surface area contributed by atoms with Gasteiger partial charge in [-0.25, -0.2) is 0 Å². The van der Waals surface area contributed by atoms with Crippen molar-refractivity contribution in [1.29, 1.82) is 0 Å². The number of carbonyl (C=O) groups excluding carboxylic acids is 1. The second kappa shape index (κ2) is 8.97. The van der Waals surface area contributed by atoms with Gasteiger partial charge >= 0.3 is 5.97 Å². The molecule has 5 heteroatoms. The van der Waals surface area contributed by atoms with Crippen molar-refractivity contribution in [3.8, 4) is 0 Å². The number of ether oxygens (including phenoxy) is 1.